The minimum Gasteiger partial charge on any atom is -0.372 e. The zero-order chi connectivity index (χ0) is 18.6. The van der Waals surface area contributed by atoms with E-state index >= 15 is 0 Å². The van der Waals surface area contributed by atoms with Gasteiger partial charge in [0.1, 0.15) is 5.71 Å². The van der Waals surface area contributed by atoms with Crippen LogP contribution < -0.4 is 4.90 Å². The molecule has 3 nitrogen and oxygen atoms in total. The van der Waals surface area contributed by atoms with E-state index in [1.54, 1.807) is 0 Å². The highest BCUT2D eigenvalue weighted by Gasteiger charge is 2.23. The molecule has 1 aliphatic carbocycles. The Morgan fingerprint density at radius 3 is 1.74 bits per heavy atom. The maximum Gasteiger partial charge on any atom is 0.101 e. The Balaban J connectivity index is 1.61. The molecular formula is C24H23N3. The van der Waals surface area contributed by atoms with Gasteiger partial charge in [-0.2, -0.15) is 5.10 Å². The first-order valence-electron chi connectivity index (χ1n) is 9.47. The Hall–Kier alpha value is -3.20. The molecule has 0 fully saturated rings. The quantitative estimate of drug-likeness (QED) is 0.349. The number of anilines is 1. The third-order valence-corrected chi connectivity index (χ3v) is 5.04. The van der Waals surface area contributed by atoms with E-state index < -0.39 is 0 Å². The van der Waals surface area contributed by atoms with Crippen LogP contribution in [0.1, 0.15) is 30.5 Å². The van der Waals surface area contributed by atoms with Crippen LogP contribution in [-0.4, -0.2) is 25.0 Å². The van der Waals surface area contributed by atoms with Gasteiger partial charge in [-0.25, -0.2) is 0 Å². The van der Waals surface area contributed by atoms with Crippen molar-refractivity contribution in [1.29, 1.82) is 0 Å². The fourth-order valence-corrected chi connectivity index (χ4v) is 3.62. The van der Waals surface area contributed by atoms with Crippen LogP contribution in [0, 0.1) is 0 Å². The van der Waals surface area contributed by atoms with Gasteiger partial charge in [0.25, 0.3) is 0 Å². The lowest BCUT2D eigenvalue weighted by atomic mass is 10.1. The molecule has 4 rings (SSSR count). The Kier molecular flexibility index (Phi) is 4.84. The maximum atomic E-state index is 4.57. The normalized spacial score (nSPS) is 12.1. The van der Waals surface area contributed by atoms with Crippen molar-refractivity contribution < 1.29 is 0 Å². The fourth-order valence-electron chi connectivity index (χ4n) is 3.62. The van der Waals surface area contributed by atoms with E-state index in [1.165, 1.54) is 16.8 Å². The second kappa shape index (κ2) is 7.58. The highest BCUT2D eigenvalue weighted by atomic mass is 15.2. The minimum atomic E-state index is 0.942. The van der Waals surface area contributed by atoms with E-state index in [0.29, 0.717) is 0 Å². The average Bonchev–Trinajstić information content (AvgIpc) is 3.04. The average molecular weight is 353 g/mol. The van der Waals surface area contributed by atoms with E-state index in [2.05, 4.69) is 102 Å². The van der Waals surface area contributed by atoms with Gasteiger partial charge in [-0.3, -0.25) is 0 Å². The predicted octanol–water partition coefficient (Wildman–Crippen LogP) is 5.38. The lowest BCUT2D eigenvalue weighted by Crippen LogP contribution is -2.21. The number of fused-ring (bicyclic) bond motifs is 3. The number of hydrogen-bond acceptors (Lipinski definition) is 3. The predicted molar refractivity (Wildman–Crippen MR) is 115 cm³/mol. The van der Waals surface area contributed by atoms with Crippen LogP contribution >= 0.6 is 0 Å². The first-order chi connectivity index (χ1) is 13.3. The molecule has 0 saturated heterocycles. The van der Waals surface area contributed by atoms with E-state index in [-0.39, 0.29) is 0 Å². The number of hydrogen-bond donors (Lipinski definition) is 0. The molecule has 0 N–H and O–H groups in total. The number of benzene rings is 3. The summed E-state index contributed by atoms with van der Waals surface area (Å²) in [4.78, 5) is 2.33. The summed E-state index contributed by atoms with van der Waals surface area (Å²) in [6.45, 7) is 6.37. The van der Waals surface area contributed by atoms with Gasteiger partial charge in [-0.15, -0.1) is 5.10 Å². The second-order valence-electron chi connectivity index (χ2n) is 6.55. The molecule has 3 aromatic rings. The summed E-state index contributed by atoms with van der Waals surface area (Å²) in [6, 6.07) is 25.2. The van der Waals surface area contributed by atoms with Crippen molar-refractivity contribution in [3.05, 3.63) is 89.5 Å². The summed E-state index contributed by atoms with van der Waals surface area (Å²) in [7, 11) is 0. The first kappa shape index (κ1) is 17.2. The molecular weight excluding hydrogens is 330 g/mol. The molecule has 0 bridgehead atoms. The third kappa shape index (κ3) is 3.28. The van der Waals surface area contributed by atoms with Crippen LogP contribution in [0.25, 0.3) is 11.1 Å². The SMILES string of the molecule is CCN(CC)c1ccc(/C=N\N=C2c3ccccc3-c3ccccc32)cc1. The summed E-state index contributed by atoms with van der Waals surface area (Å²) in [5, 5.41) is 8.95. The van der Waals surface area contributed by atoms with Crippen LogP contribution in [0.2, 0.25) is 0 Å². The molecule has 0 spiro atoms. The minimum absolute atomic E-state index is 0.942. The number of nitrogens with zero attached hydrogens (tertiary/aromatic N) is 3. The summed E-state index contributed by atoms with van der Waals surface area (Å²) in [6.07, 6.45) is 1.82. The summed E-state index contributed by atoms with van der Waals surface area (Å²) >= 11 is 0. The van der Waals surface area contributed by atoms with E-state index in [0.717, 1.165) is 35.5 Å². The van der Waals surface area contributed by atoms with Crippen LogP contribution in [0.5, 0.6) is 0 Å². The molecule has 0 saturated carbocycles. The Morgan fingerprint density at radius 1 is 0.704 bits per heavy atom. The van der Waals surface area contributed by atoms with Crippen molar-refractivity contribution in [2.24, 2.45) is 10.2 Å². The molecule has 0 amide bonds. The highest BCUT2D eigenvalue weighted by Crippen LogP contribution is 2.36. The van der Waals surface area contributed by atoms with Gasteiger partial charge < -0.3 is 4.90 Å². The van der Waals surface area contributed by atoms with Gasteiger partial charge in [-0.05, 0) is 42.7 Å². The van der Waals surface area contributed by atoms with Gasteiger partial charge in [-0.1, -0.05) is 60.7 Å². The molecule has 0 aliphatic heterocycles. The maximum absolute atomic E-state index is 4.57. The molecule has 0 aromatic heterocycles. The largest absolute Gasteiger partial charge is 0.372 e. The zero-order valence-electron chi connectivity index (χ0n) is 15.8. The van der Waals surface area contributed by atoms with Crippen molar-refractivity contribution in [1.82, 2.24) is 0 Å². The fraction of sp³-hybridized carbons (Fsp3) is 0.167. The van der Waals surface area contributed by atoms with E-state index in [9.17, 15) is 0 Å². The van der Waals surface area contributed by atoms with Gasteiger partial charge in [0.15, 0.2) is 0 Å². The van der Waals surface area contributed by atoms with Crippen molar-refractivity contribution >= 4 is 17.6 Å². The van der Waals surface area contributed by atoms with Crippen LogP contribution in [0.4, 0.5) is 5.69 Å². The van der Waals surface area contributed by atoms with Crippen molar-refractivity contribution in [3.8, 4) is 11.1 Å². The molecule has 3 heteroatoms. The second-order valence-corrected chi connectivity index (χ2v) is 6.55. The molecule has 3 aromatic carbocycles. The van der Waals surface area contributed by atoms with Crippen molar-refractivity contribution in [2.45, 2.75) is 13.8 Å². The standard InChI is InChI=1S/C24H23N3/c1-3-27(4-2)19-15-13-18(14-16-19)17-25-26-24-22-11-7-5-9-20(22)21-10-6-8-12-23(21)24/h5-17H,3-4H2,1-2H3/b25-17-. The third-order valence-electron chi connectivity index (χ3n) is 5.04. The monoisotopic (exact) mass is 353 g/mol. The topological polar surface area (TPSA) is 28.0 Å². The molecule has 0 unspecified atom stereocenters. The Bertz CT molecular complexity index is 949. The molecule has 0 heterocycles. The lowest BCUT2D eigenvalue weighted by molar-refractivity contribution is 0.866. The first-order valence-corrected chi connectivity index (χ1v) is 9.47. The van der Waals surface area contributed by atoms with Crippen molar-refractivity contribution in [3.63, 3.8) is 0 Å². The molecule has 0 radical (unpaired) electrons. The molecule has 134 valence electrons. The molecule has 1 aliphatic rings. The summed E-state index contributed by atoms with van der Waals surface area (Å²) in [5.41, 5.74) is 7.98. The zero-order valence-corrected chi connectivity index (χ0v) is 15.8. The lowest BCUT2D eigenvalue weighted by Gasteiger charge is -2.20. The van der Waals surface area contributed by atoms with Gasteiger partial charge in [0.2, 0.25) is 0 Å². The van der Waals surface area contributed by atoms with E-state index in [1.807, 2.05) is 6.21 Å². The smallest absolute Gasteiger partial charge is 0.101 e. The Labute approximate surface area is 160 Å². The number of rotatable bonds is 5. The van der Waals surface area contributed by atoms with Gasteiger partial charge >= 0.3 is 0 Å². The van der Waals surface area contributed by atoms with E-state index in [4.69, 9.17) is 0 Å². The van der Waals surface area contributed by atoms with Crippen LogP contribution in [0.15, 0.2) is 83.0 Å². The highest BCUT2D eigenvalue weighted by molar-refractivity contribution is 6.24. The van der Waals surface area contributed by atoms with Crippen molar-refractivity contribution in [2.75, 3.05) is 18.0 Å². The Morgan fingerprint density at radius 2 is 1.22 bits per heavy atom. The van der Waals surface area contributed by atoms with Gasteiger partial charge in [0, 0.05) is 29.9 Å². The summed E-state index contributed by atoms with van der Waals surface area (Å²) < 4.78 is 0. The molecule has 27 heavy (non-hydrogen) atoms. The van der Waals surface area contributed by atoms with Crippen LogP contribution in [0.3, 0.4) is 0 Å². The summed E-state index contributed by atoms with van der Waals surface area (Å²) in [5.74, 6) is 0. The van der Waals surface area contributed by atoms with Gasteiger partial charge in [0.05, 0.1) is 6.21 Å². The van der Waals surface area contributed by atoms with Crippen LogP contribution in [-0.2, 0) is 0 Å². The molecule has 0 atom stereocenters.